The predicted octanol–water partition coefficient (Wildman–Crippen LogP) is 2.62. The van der Waals surface area contributed by atoms with Crippen LogP contribution in [0.2, 0.25) is 0 Å². The number of Topliss-reactive ketones (excluding diaryl/α,β-unsaturated/α-hetero) is 1. The fourth-order valence-corrected chi connectivity index (χ4v) is 9.00. The van der Waals surface area contributed by atoms with Crippen LogP contribution in [0.4, 0.5) is 0 Å². The van der Waals surface area contributed by atoms with Crippen molar-refractivity contribution in [2.75, 3.05) is 13.2 Å². The fraction of sp³-hybridized carbons (Fsp3) is 0.579. The number of nitrogens with two attached hydrogens (primary N) is 2. The van der Waals surface area contributed by atoms with Crippen molar-refractivity contribution in [2.45, 2.75) is 108 Å². The third kappa shape index (κ3) is 9.19. The van der Waals surface area contributed by atoms with Crippen LogP contribution in [-0.2, 0) is 43.4 Å². The summed E-state index contributed by atoms with van der Waals surface area (Å²) in [6.07, 6.45) is 5.52. The molecular formula is C38H52N6O7S. The summed E-state index contributed by atoms with van der Waals surface area (Å²) in [5.74, 6) is -4.02. The molecule has 13 nitrogen and oxygen atoms in total. The number of carboxylic acids is 1. The van der Waals surface area contributed by atoms with E-state index in [2.05, 4.69) is 10.3 Å². The molecule has 1 aromatic heterocycles. The van der Waals surface area contributed by atoms with E-state index in [1.54, 1.807) is 16.2 Å². The Morgan fingerprint density at radius 3 is 2.44 bits per heavy atom. The summed E-state index contributed by atoms with van der Waals surface area (Å²) < 4.78 is 0. The van der Waals surface area contributed by atoms with E-state index < -0.39 is 48.4 Å². The smallest absolute Gasteiger partial charge is 0.306 e. The van der Waals surface area contributed by atoms with Gasteiger partial charge in [-0.2, -0.15) is 0 Å². The number of aliphatic hydroxyl groups is 1. The number of guanidine groups is 1. The van der Waals surface area contributed by atoms with E-state index in [0.29, 0.717) is 25.7 Å². The second-order valence-electron chi connectivity index (χ2n) is 14.4. The molecule has 282 valence electrons. The molecule has 3 heterocycles. The Morgan fingerprint density at radius 1 is 1.02 bits per heavy atom. The van der Waals surface area contributed by atoms with E-state index in [1.807, 2.05) is 48.7 Å². The number of nitrogens with one attached hydrogen (secondary N) is 1. The number of rotatable bonds is 16. The molecule has 1 saturated heterocycles. The van der Waals surface area contributed by atoms with Crippen molar-refractivity contribution in [3.8, 4) is 0 Å². The molecule has 2 fully saturated rings. The van der Waals surface area contributed by atoms with Gasteiger partial charge < -0.3 is 36.8 Å². The highest BCUT2D eigenvalue weighted by Gasteiger charge is 2.51. The Balaban J connectivity index is 1.39. The zero-order valence-corrected chi connectivity index (χ0v) is 30.6. The molecular weight excluding hydrogens is 685 g/mol. The van der Waals surface area contributed by atoms with E-state index >= 15 is 0 Å². The number of benzene rings is 1. The molecule has 52 heavy (non-hydrogen) atoms. The third-order valence-corrected chi connectivity index (χ3v) is 11.9. The first-order valence-corrected chi connectivity index (χ1v) is 19.3. The summed E-state index contributed by atoms with van der Waals surface area (Å²) in [4.78, 5) is 77.1. The Labute approximate surface area is 308 Å². The zero-order valence-electron chi connectivity index (χ0n) is 29.8. The van der Waals surface area contributed by atoms with Gasteiger partial charge in [-0.3, -0.25) is 29.0 Å². The molecule has 7 atom stereocenters. The van der Waals surface area contributed by atoms with E-state index in [-0.39, 0.29) is 67.9 Å². The number of likely N-dealkylation sites (tertiary alicyclic amines) is 1. The highest BCUT2D eigenvalue weighted by atomic mass is 32.1. The summed E-state index contributed by atoms with van der Waals surface area (Å²) in [5, 5.41) is 25.2. The number of aliphatic hydroxyl groups excluding tert-OH is 1. The molecule has 7 N–H and O–H groups in total. The van der Waals surface area contributed by atoms with Gasteiger partial charge in [0.15, 0.2) is 11.7 Å². The van der Waals surface area contributed by atoms with Crippen LogP contribution in [0.5, 0.6) is 0 Å². The minimum atomic E-state index is -1.26. The summed E-state index contributed by atoms with van der Waals surface area (Å²) in [6, 6.07) is 8.19. The van der Waals surface area contributed by atoms with Gasteiger partial charge in [0.25, 0.3) is 0 Å². The molecule has 3 amide bonds. The first-order valence-electron chi connectivity index (χ1n) is 18.5. The number of hydrogen-bond acceptors (Lipinski definition) is 8. The normalized spacial score (nSPS) is 22.7. The zero-order chi connectivity index (χ0) is 37.4. The predicted molar refractivity (Wildman–Crippen MR) is 197 cm³/mol. The van der Waals surface area contributed by atoms with Crippen molar-refractivity contribution in [1.29, 1.82) is 0 Å². The number of hydrogen-bond donors (Lipinski definition) is 5. The van der Waals surface area contributed by atoms with Crippen molar-refractivity contribution in [3.63, 3.8) is 0 Å². The lowest BCUT2D eigenvalue weighted by atomic mass is 9.84. The number of aliphatic carboxylic acids is 1. The number of carbonyl (C=O) groups excluding carboxylic acids is 4. The fourth-order valence-electron chi connectivity index (χ4n) is 8.22. The summed E-state index contributed by atoms with van der Waals surface area (Å²) in [6.45, 7) is 1.60. The summed E-state index contributed by atoms with van der Waals surface area (Å²) in [7, 11) is 0. The van der Waals surface area contributed by atoms with Gasteiger partial charge in [-0.05, 0) is 73.4 Å². The number of thiophene rings is 1. The summed E-state index contributed by atoms with van der Waals surface area (Å²) >= 11 is 1.55. The Morgan fingerprint density at radius 2 is 1.77 bits per heavy atom. The van der Waals surface area contributed by atoms with Crippen molar-refractivity contribution >= 4 is 46.8 Å². The first kappa shape index (κ1) is 38.9. The molecule has 0 unspecified atom stereocenters. The number of nitrogens with zero attached hydrogens (tertiary/aromatic N) is 3. The SMILES string of the molecule is CC[C@@H](Cc1cccs1)C(=O)N[C@@H](CO)C(=O)N1Cc2ccccc2C[C@@H]1C(=O)N1[C@H](C(=O)C[C@@H](CCCN=C(N)N)C(=O)O)C[C@@H]2CCCC[C@@H]21. The van der Waals surface area contributed by atoms with E-state index in [9.17, 15) is 34.2 Å². The van der Waals surface area contributed by atoms with Crippen molar-refractivity contribution < 1.29 is 34.2 Å². The largest absolute Gasteiger partial charge is 0.481 e. The van der Waals surface area contributed by atoms with Crippen molar-refractivity contribution in [1.82, 2.24) is 15.1 Å². The number of fused-ring (bicyclic) bond motifs is 2. The van der Waals surface area contributed by atoms with Crippen LogP contribution in [-0.4, -0.2) is 92.8 Å². The van der Waals surface area contributed by atoms with Gasteiger partial charge in [0.1, 0.15) is 12.1 Å². The quantitative estimate of drug-likeness (QED) is 0.0974. The molecule has 5 rings (SSSR count). The van der Waals surface area contributed by atoms with Crippen LogP contribution >= 0.6 is 11.3 Å². The van der Waals surface area contributed by atoms with E-state index in [0.717, 1.165) is 41.7 Å². The molecule has 2 aromatic rings. The number of amides is 3. The van der Waals surface area contributed by atoms with Crippen LogP contribution in [0.1, 0.15) is 80.7 Å². The van der Waals surface area contributed by atoms with Gasteiger partial charge in [-0.25, -0.2) is 0 Å². The van der Waals surface area contributed by atoms with Gasteiger partial charge in [-0.1, -0.05) is 50.1 Å². The Bertz CT molecular complexity index is 1610. The van der Waals surface area contributed by atoms with Crippen molar-refractivity contribution in [2.24, 2.45) is 34.2 Å². The average molecular weight is 737 g/mol. The number of carboxylic acid groups (broad SMARTS) is 1. The number of aliphatic imine (C=N–C) groups is 1. The average Bonchev–Trinajstić information content (AvgIpc) is 3.80. The van der Waals surface area contributed by atoms with Gasteiger partial charge in [0.2, 0.25) is 17.7 Å². The van der Waals surface area contributed by atoms with Crippen LogP contribution in [0.25, 0.3) is 0 Å². The molecule has 0 spiro atoms. The minimum Gasteiger partial charge on any atom is -0.481 e. The van der Waals surface area contributed by atoms with Crippen LogP contribution < -0.4 is 16.8 Å². The molecule has 0 radical (unpaired) electrons. The molecule has 14 heteroatoms. The lowest BCUT2D eigenvalue weighted by Crippen LogP contribution is -2.61. The van der Waals surface area contributed by atoms with Crippen LogP contribution in [0, 0.1) is 17.8 Å². The van der Waals surface area contributed by atoms with Crippen LogP contribution in [0.15, 0.2) is 46.8 Å². The second-order valence-corrected chi connectivity index (χ2v) is 15.4. The minimum absolute atomic E-state index is 0.0875. The maximum atomic E-state index is 14.9. The number of ketones is 1. The molecule has 1 aromatic carbocycles. The molecule has 0 bridgehead atoms. The molecule has 2 aliphatic heterocycles. The Hall–Kier alpha value is -4.30. The molecule has 1 aliphatic carbocycles. The monoisotopic (exact) mass is 736 g/mol. The summed E-state index contributed by atoms with van der Waals surface area (Å²) in [5.41, 5.74) is 12.6. The maximum Gasteiger partial charge on any atom is 0.306 e. The Kier molecular flexibility index (Phi) is 13.4. The molecule has 1 saturated carbocycles. The second kappa shape index (κ2) is 18.0. The number of carbonyl (C=O) groups is 5. The highest BCUT2D eigenvalue weighted by molar-refractivity contribution is 7.09. The van der Waals surface area contributed by atoms with Gasteiger partial charge in [0, 0.05) is 42.8 Å². The molecule has 3 aliphatic rings. The highest BCUT2D eigenvalue weighted by Crippen LogP contribution is 2.42. The van der Waals surface area contributed by atoms with E-state index in [4.69, 9.17) is 11.5 Å². The maximum absolute atomic E-state index is 14.9. The lowest BCUT2D eigenvalue weighted by molar-refractivity contribution is -0.153. The topological polar surface area (TPSA) is 209 Å². The van der Waals surface area contributed by atoms with Crippen molar-refractivity contribution in [3.05, 3.63) is 57.8 Å². The van der Waals surface area contributed by atoms with E-state index in [1.165, 1.54) is 4.90 Å². The third-order valence-electron chi connectivity index (χ3n) is 11.0. The van der Waals surface area contributed by atoms with Gasteiger partial charge in [-0.15, -0.1) is 11.3 Å². The first-order chi connectivity index (χ1) is 25.0. The van der Waals surface area contributed by atoms with Gasteiger partial charge in [0.05, 0.1) is 18.6 Å². The lowest BCUT2D eigenvalue weighted by Gasteiger charge is -2.42. The standard InChI is InChI=1S/C38H52N6O7S/c1-2-23(17-28-13-8-16-52-28)34(47)42-29(22-45)35(48)43-21-27-11-4-3-9-24(27)18-32(43)36(49)44-30-14-6-5-10-25(30)19-31(44)33(46)20-26(37(50)51)12-7-15-41-38(39)40/h3-4,8-9,11,13,16,23,25-26,29-32,45H,2,5-7,10,12,14-15,17-22H2,1H3,(H,42,47)(H,50,51)(H4,39,40,41)/t23-,25-,26+,29-,30-,31-,32+/m0/s1. The van der Waals surface area contributed by atoms with Crippen LogP contribution in [0.3, 0.4) is 0 Å². The van der Waals surface area contributed by atoms with Gasteiger partial charge >= 0.3 is 5.97 Å².